The highest BCUT2D eigenvalue weighted by atomic mass is 16.7. The molecule has 0 amide bonds. The van der Waals surface area contributed by atoms with Crippen molar-refractivity contribution in [3.8, 4) is 11.8 Å². The highest BCUT2D eigenvalue weighted by Gasteiger charge is 2.26. The first-order valence-corrected chi connectivity index (χ1v) is 5.14. The lowest BCUT2D eigenvalue weighted by Gasteiger charge is -2.09. The van der Waals surface area contributed by atoms with Crippen molar-refractivity contribution in [2.75, 3.05) is 0 Å². The summed E-state index contributed by atoms with van der Waals surface area (Å²) in [5.41, 5.74) is 1.33. The third-order valence-electron chi connectivity index (χ3n) is 2.74. The summed E-state index contributed by atoms with van der Waals surface area (Å²) in [4.78, 5) is 15.8. The maximum absolute atomic E-state index is 11.0. The van der Waals surface area contributed by atoms with Crippen LogP contribution >= 0.6 is 0 Å². The lowest BCUT2D eigenvalue weighted by atomic mass is 9.95. The van der Waals surface area contributed by atoms with E-state index in [-0.39, 0.29) is 11.8 Å². The third kappa shape index (κ3) is 1.54. The van der Waals surface area contributed by atoms with Crippen LogP contribution in [-0.4, -0.2) is 20.9 Å². The van der Waals surface area contributed by atoms with Gasteiger partial charge in [-0.2, -0.15) is 0 Å². The summed E-state index contributed by atoms with van der Waals surface area (Å²) in [7, 11) is 0. The molecule has 0 saturated carbocycles. The molecular weight excluding hydrogens is 210 g/mol. The normalized spacial score (nSPS) is 14.2. The predicted molar refractivity (Wildman–Crippen MR) is 56.2 cm³/mol. The van der Waals surface area contributed by atoms with Crippen LogP contribution in [0.3, 0.4) is 0 Å². The first-order valence-electron chi connectivity index (χ1n) is 5.14. The maximum Gasteiger partial charge on any atom is 0.356 e. The number of aromatic hydroxyl groups is 2. The Morgan fingerprint density at radius 1 is 1.25 bits per heavy atom. The minimum absolute atomic E-state index is 0.192. The van der Waals surface area contributed by atoms with Crippen molar-refractivity contribution in [3.63, 3.8) is 0 Å². The van der Waals surface area contributed by atoms with Gasteiger partial charge in [-0.15, -0.1) is 4.73 Å². The number of rotatable bonds is 2. The molecule has 5 nitrogen and oxygen atoms in total. The molecule has 0 bridgehead atoms. The molecule has 86 valence electrons. The Morgan fingerprint density at radius 2 is 1.75 bits per heavy atom. The second-order valence-electron chi connectivity index (χ2n) is 3.72. The second kappa shape index (κ2) is 3.92. The number of hydrogen-bond donors (Lipinski definition) is 2. The van der Waals surface area contributed by atoms with Gasteiger partial charge in [0.25, 0.3) is 0 Å². The lowest BCUT2D eigenvalue weighted by molar-refractivity contribution is -0.139. The predicted octanol–water partition coefficient (Wildman–Crippen LogP) is 0.919. The number of fused-ring (bicyclic) bond motifs is 1. The van der Waals surface area contributed by atoms with Crippen molar-refractivity contribution >= 4 is 5.97 Å². The van der Waals surface area contributed by atoms with Crippen molar-refractivity contribution in [1.82, 2.24) is 4.73 Å². The van der Waals surface area contributed by atoms with E-state index in [1.807, 2.05) is 0 Å². The Morgan fingerprint density at radius 3 is 2.19 bits per heavy atom. The van der Waals surface area contributed by atoms with Gasteiger partial charge in [-0.3, -0.25) is 0 Å². The zero-order valence-corrected chi connectivity index (χ0v) is 8.77. The fraction of sp³-hybridized carbons (Fsp3) is 0.364. The largest absolute Gasteiger partial charge is 0.492 e. The number of carbonyl (C=O) groups is 1. The van der Waals surface area contributed by atoms with Crippen LogP contribution < -0.4 is 4.84 Å². The smallest absolute Gasteiger partial charge is 0.356 e. The molecule has 0 unspecified atom stereocenters. The van der Waals surface area contributed by atoms with E-state index in [0.29, 0.717) is 24.0 Å². The Bertz CT molecular complexity index is 418. The van der Waals surface area contributed by atoms with Crippen LogP contribution in [-0.2, 0) is 17.6 Å². The standard InChI is InChI=1S/C11H13NO4/c1-2-9(13)16-12-10(14)7-5-3-4-6-8(7)11(12)15/h2,14-15H,1,3-6H2. The monoisotopic (exact) mass is 223 g/mol. The molecule has 2 N–H and O–H groups in total. The summed E-state index contributed by atoms with van der Waals surface area (Å²) < 4.78 is 0.764. The fourth-order valence-corrected chi connectivity index (χ4v) is 1.96. The molecule has 0 fully saturated rings. The average molecular weight is 223 g/mol. The number of carbonyl (C=O) groups excluding carboxylic acids is 1. The van der Waals surface area contributed by atoms with E-state index < -0.39 is 5.97 Å². The van der Waals surface area contributed by atoms with Crippen LogP contribution in [0.5, 0.6) is 11.8 Å². The van der Waals surface area contributed by atoms with Crippen molar-refractivity contribution in [1.29, 1.82) is 0 Å². The Hall–Kier alpha value is -1.91. The molecule has 0 saturated heterocycles. The summed E-state index contributed by atoms with van der Waals surface area (Å²) in [5.74, 6) is -1.11. The molecule has 0 aliphatic heterocycles. The molecule has 2 rings (SSSR count). The van der Waals surface area contributed by atoms with Crippen molar-refractivity contribution in [3.05, 3.63) is 23.8 Å². The van der Waals surface area contributed by atoms with Crippen molar-refractivity contribution in [2.45, 2.75) is 25.7 Å². The van der Waals surface area contributed by atoms with Crippen LogP contribution in [0, 0.1) is 0 Å². The average Bonchev–Trinajstić information content (AvgIpc) is 2.55. The third-order valence-corrected chi connectivity index (χ3v) is 2.74. The van der Waals surface area contributed by atoms with Gasteiger partial charge in [0.1, 0.15) is 0 Å². The van der Waals surface area contributed by atoms with Gasteiger partial charge in [0.05, 0.1) is 0 Å². The quantitative estimate of drug-likeness (QED) is 0.731. The molecule has 0 atom stereocenters. The van der Waals surface area contributed by atoms with Gasteiger partial charge in [-0.05, 0) is 25.7 Å². The highest BCUT2D eigenvalue weighted by Crippen LogP contribution is 2.37. The summed E-state index contributed by atoms with van der Waals surface area (Å²) in [6.07, 6.45) is 4.26. The van der Waals surface area contributed by atoms with Crippen LogP contribution in [0.25, 0.3) is 0 Å². The summed E-state index contributed by atoms with van der Waals surface area (Å²) >= 11 is 0. The van der Waals surface area contributed by atoms with Gasteiger partial charge < -0.3 is 15.1 Å². The molecule has 1 aliphatic carbocycles. The minimum Gasteiger partial charge on any atom is -0.492 e. The Kier molecular flexibility index (Phi) is 2.60. The van der Waals surface area contributed by atoms with E-state index in [2.05, 4.69) is 6.58 Å². The highest BCUT2D eigenvalue weighted by molar-refractivity contribution is 5.81. The molecule has 5 heteroatoms. The van der Waals surface area contributed by atoms with E-state index in [9.17, 15) is 15.0 Å². The van der Waals surface area contributed by atoms with Gasteiger partial charge in [-0.25, -0.2) is 4.79 Å². The van der Waals surface area contributed by atoms with E-state index in [1.54, 1.807) is 0 Å². The van der Waals surface area contributed by atoms with Crippen LogP contribution in [0.2, 0.25) is 0 Å². The minimum atomic E-state index is -0.724. The zero-order valence-electron chi connectivity index (χ0n) is 8.77. The van der Waals surface area contributed by atoms with Gasteiger partial charge >= 0.3 is 5.97 Å². The zero-order chi connectivity index (χ0) is 11.7. The van der Waals surface area contributed by atoms with E-state index in [1.165, 1.54) is 0 Å². The molecule has 1 heterocycles. The van der Waals surface area contributed by atoms with Crippen molar-refractivity contribution < 1.29 is 19.8 Å². The van der Waals surface area contributed by atoms with E-state index >= 15 is 0 Å². The Balaban J connectivity index is 2.41. The van der Waals surface area contributed by atoms with Crippen LogP contribution in [0.4, 0.5) is 0 Å². The first-order chi connectivity index (χ1) is 7.65. The molecule has 1 aromatic heterocycles. The number of aromatic nitrogens is 1. The van der Waals surface area contributed by atoms with Gasteiger partial charge in [-0.1, -0.05) is 6.58 Å². The van der Waals surface area contributed by atoms with Gasteiger partial charge in [0.15, 0.2) is 0 Å². The van der Waals surface area contributed by atoms with Crippen LogP contribution in [0.15, 0.2) is 12.7 Å². The second-order valence-corrected chi connectivity index (χ2v) is 3.72. The molecule has 16 heavy (non-hydrogen) atoms. The maximum atomic E-state index is 11.0. The fourth-order valence-electron chi connectivity index (χ4n) is 1.96. The molecule has 0 radical (unpaired) electrons. The topological polar surface area (TPSA) is 71.7 Å². The van der Waals surface area contributed by atoms with Gasteiger partial charge in [0, 0.05) is 17.2 Å². The molecule has 0 spiro atoms. The number of nitrogens with zero attached hydrogens (tertiary/aromatic N) is 1. The van der Waals surface area contributed by atoms with Gasteiger partial charge in [0.2, 0.25) is 11.8 Å². The summed E-state index contributed by atoms with van der Waals surface area (Å²) in [6.45, 7) is 3.25. The SMILES string of the molecule is C=CC(=O)On1c(O)c2c(c1O)CCCC2. The molecule has 1 aliphatic rings. The van der Waals surface area contributed by atoms with Crippen molar-refractivity contribution in [2.24, 2.45) is 0 Å². The summed E-state index contributed by atoms with van der Waals surface area (Å²) in [6, 6.07) is 0. The lowest BCUT2D eigenvalue weighted by Crippen LogP contribution is -2.16. The van der Waals surface area contributed by atoms with E-state index in [0.717, 1.165) is 23.6 Å². The Labute approximate surface area is 92.5 Å². The first kappa shape index (κ1) is 10.6. The van der Waals surface area contributed by atoms with E-state index in [4.69, 9.17) is 4.84 Å². The molecule has 1 aromatic rings. The molecular formula is C11H13NO4. The molecule has 0 aromatic carbocycles. The van der Waals surface area contributed by atoms with Crippen LogP contribution in [0.1, 0.15) is 24.0 Å². The summed E-state index contributed by atoms with van der Waals surface area (Å²) in [5, 5.41) is 19.6. The number of hydrogen-bond acceptors (Lipinski definition) is 4.